The molecule has 1 aromatic rings. The van der Waals surface area contributed by atoms with Gasteiger partial charge in [-0.25, -0.2) is 0 Å². The Bertz CT molecular complexity index is 390. The lowest BCUT2D eigenvalue weighted by molar-refractivity contribution is -0.125. The third-order valence-corrected chi connectivity index (χ3v) is 2.63. The first kappa shape index (κ1) is 13.7. The van der Waals surface area contributed by atoms with Crippen LogP contribution < -0.4 is 10.6 Å². The molecule has 1 aromatic carbocycles. The molecule has 0 aromatic heterocycles. The molecular weight excluding hydrogens is 284 g/mol. The SMILES string of the molecule is CCNC(=O)CNC(=O)Cc1ccc(Br)cc1. The fourth-order valence-corrected chi connectivity index (χ4v) is 1.55. The number of rotatable bonds is 5. The molecular formula is C12H15BrN2O2. The van der Waals surface area contributed by atoms with Gasteiger partial charge in [-0.1, -0.05) is 28.1 Å². The highest BCUT2D eigenvalue weighted by atomic mass is 79.9. The Hall–Kier alpha value is -1.36. The van der Waals surface area contributed by atoms with Crippen LogP contribution in [0.2, 0.25) is 0 Å². The molecule has 2 amide bonds. The van der Waals surface area contributed by atoms with Gasteiger partial charge >= 0.3 is 0 Å². The molecule has 5 heteroatoms. The van der Waals surface area contributed by atoms with Crippen molar-refractivity contribution in [1.82, 2.24) is 10.6 Å². The van der Waals surface area contributed by atoms with Crippen molar-refractivity contribution in [3.63, 3.8) is 0 Å². The summed E-state index contributed by atoms with van der Waals surface area (Å²) in [5.74, 6) is -0.324. The molecule has 92 valence electrons. The zero-order valence-electron chi connectivity index (χ0n) is 9.63. The molecule has 0 aliphatic heterocycles. The van der Waals surface area contributed by atoms with Gasteiger partial charge in [0.15, 0.2) is 0 Å². The normalized spacial score (nSPS) is 9.76. The topological polar surface area (TPSA) is 58.2 Å². The standard InChI is InChI=1S/C12H15BrN2O2/c1-2-14-12(17)8-15-11(16)7-9-3-5-10(13)6-4-9/h3-6H,2,7-8H2,1H3,(H,14,17)(H,15,16). The molecule has 0 aliphatic carbocycles. The number of carbonyl (C=O) groups is 2. The molecule has 0 saturated heterocycles. The summed E-state index contributed by atoms with van der Waals surface area (Å²) >= 11 is 3.33. The first-order valence-electron chi connectivity index (χ1n) is 5.39. The van der Waals surface area contributed by atoms with Crippen molar-refractivity contribution in [1.29, 1.82) is 0 Å². The molecule has 0 fully saturated rings. The number of hydrogen-bond acceptors (Lipinski definition) is 2. The van der Waals surface area contributed by atoms with Crippen molar-refractivity contribution >= 4 is 27.7 Å². The van der Waals surface area contributed by atoms with E-state index in [0.717, 1.165) is 10.0 Å². The Morgan fingerprint density at radius 3 is 2.35 bits per heavy atom. The summed E-state index contributed by atoms with van der Waals surface area (Å²) in [6.45, 7) is 2.44. The smallest absolute Gasteiger partial charge is 0.239 e. The summed E-state index contributed by atoms with van der Waals surface area (Å²) in [5, 5.41) is 5.18. The van der Waals surface area contributed by atoms with E-state index >= 15 is 0 Å². The second-order valence-corrected chi connectivity index (χ2v) is 4.45. The molecule has 1 rings (SSSR count). The van der Waals surface area contributed by atoms with Gasteiger partial charge < -0.3 is 10.6 Å². The minimum atomic E-state index is -0.170. The van der Waals surface area contributed by atoms with Gasteiger partial charge in [0.05, 0.1) is 13.0 Å². The molecule has 0 saturated carbocycles. The summed E-state index contributed by atoms with van der Waals surface area (Å²) in [7, 11) is 0. The van der Waals surface area contributed by atoms with Gasteiger partial charge in [0, 0.05) is 11.0 Å². The van der Waals surface area contributed by atoms with E-state index in [1.54, 1.807) is 0 Å². The van der Waals surface area contributed by atoms with E-state index in [0.29, 0.717) is 6.54 Å². The van der Waals surface area contributed by atoms with Crippen molar-refractivity contribution in [2.45, 2.75) is 13.3 Å². The van der Waals surface area contributed by atoms with Gasteiger partial charge in [0.25, 0.3) is 0 Å². The number of halogens is 1. The van der Waals surface area contributed by atoms with Crippen molar-refractivity contribution in [3.8, 4) is 0 Å². The van der Waals surface area contributed by atoms with Crippen molar-refractivity contribution < 1.29 is 9.59 Å². The maximum absolute atomic E-state index is 11.5. The van der Waals surface area contributed by atoms with E-state index < -0.39 is 0 Å². The molecule has 0 bridgehead atoms. The van der Waals surface area contributed by atoms with Crippen LogP contribution in [0.3, 0.4) is 0 Å². The maximum Gasteiger partial charge on any atom is 0.239 e. The molecule has 4 nitrogen and oxygen atoms in total. The second-order valence-electron chi connectivity index (χ2n) is 3.53. The molecule has 0 spiro atoms. The quantitative estimate of drug-likeness (QED) is 0.859. The van der Waals surface area contributed by atoms with Crippen LogP contribution in [0.5, 0.6) is 0 Å². The minimum Gasteiger partial charge on any atom is -0.355 e. The molecule has 17 heavy (non-hydrogen) atoms. The predicted molar refractivity (Wildman–Crippen MR) is 69.5 cm³/mol. The largest absolute Gasteiger partial charge is 0.355 e. The van der Waals surface area contributed by atoms with E-state index in [2.05, 4.69) is 26.6 Å². The van der Waals surface area contributed by atoms with E-state index in [4.69, 9.17) is 0 Å². The zero-order valence-corrected chi connectivity index (χ0v) is 11.2. The number of likely N-dealkylation sites (N-methyl/N-ethyl adjacent to an activating group) is 1. The molecule has 0 unspecified atom stereocenters. The van der Waals surface area contributed by atoms with Gasteiger partial charge in [-0.05, 0) is 24.6 Å². The van der Waals surface area contributed by atoms with Crippen molar-refractivity contribution in [3.05, 3.63) is 34.3 Å². The third kappa shape index (κ3) is 5.49. The highest BCUT2D eigenvalue weighted by molar-refractivity contribution is 9.10. The first-order valence-corrected chi connectivity index (χ1v) is 6.19. The molecule has 0 heterocycles. The molecule has 0 aliphatic rings. The second kappa shape index (κ2) is 7.06. The minimum absolute atomic E-state index is 0.0310. The number of amides is 2. The van der Waals surface area contributed by atoms with E-state index in [9.17, 15) is 9.59 Å². The summed E-state index contributed by atoms with van der Waals surface area (Å²) < 4.78 is 0.976. The van der Waals surface area contributed by atoms with Gasteiger partial charge in [0.1, 0.15) is 0 Å². The van der Waals surface area contributed by atoms with Crippen LogP contribution >= 0.6 is 15.9 Å². The van der Waals surface area contributed by atoms with Crippen LogP contribution in [0.4, 0.5) is 0 Å². The number of benzene rings is 1. The van der Waals surface area contributed by atoms with E-state index in [1.165, 1.54) is 0 Å². The fraction of sp³-hybridized carbons (Fsp3) is 0.333. The Morgan fingerprint density at radius 1 is 1.12 bits per heavy atom. The lowest BCUT2D eigenvalue weighted by Gasteiger charge is -2.05. The Labute approximate surface area is 109 Å². The zero-order chi connectivity index (χ0) is 12.7. The highest BCUT2D eigenvalue weighted by Gasteiger charge is 2.05. The van der Waals surface area contributed by atoms with Crippen molar-refractivity contribution in [2.24, 2.45) is 0 Å². The summed E-state index contributed by atoms with van der Waals surface area (Å²) in [6.07, 6.45) is 0.284. The van der Waals surface area contributed by atoms with Crippen LogP contribution in [0.15, 0.2) is 28.7 Å². The van der Waals surface area contributed by atoms with Crippen LogP contribution in [0, 0.1) is 0 Å². The summed E-state index contributed by atoms with van der Waals surface area (Å²) in [4.78, 5) is 22.6. The molecule has 0 radical (unpaired) electrons. The number of nitrogens with one attached hydrogen (secondary N) is 2. The van der Waals surface area contributed by atoms with Gasteiger partial charge in [-0.15, -0.1) is 0 Å². The van der Waals surface area contributed by atoms with Crippen LogP contribution in [0.1, 0.15) is 12.5 Å². The lowest BCUT2D eigenvalue weighted by atomic mass is 10.1. The molecule has 2 N–H and O–H groups in total. The monoisotopic (exact) mass is 298 g/mol. The third-order valence-electron chi connectivity index (χ3n) is 2.10. The van der Waals surface area contributed by atoms with Crippen LogP contribution in [-0.2, 0) is 16.0 Å². The number of hydrogen-bond donors (Lipinski definition) is 2. The number of carbonyl (C=O) groups excluding carboxylic acids is 2. The Morgan fingerprint density at radius 2 is 1.76 bits per heavy atom. The Kier molecular flexibility index (Phi) is 5.69. The van der Waals surface area contributed by atoms with Crippen molar-refractivity contribution in [2.75, 3.05) is 13.1 Å². The van der Waals surface area contributed by atoms with Crippen LogP contribution in [0.25, 0.3) is 0 Å². The highest BCUT2D eigenvalue weighted by Crippen LogP contribution is 2.10. The van der Waals surface area contributed by atoms with E-state index in [1.807, 2.05) is 31.2 Å². The first-order chi connectivity index (χ1) is 8.11. The van der Waals surface area contributed by atoms with Gasteiger partial charge in [-0.2, -0.15) is 0 Å². The maximum atomic E-state index is 11.5. The average Bonchev–Trinajstić information content (AvgIpc) is 2.30. The molecule has 0 atom stereocenters. The van der Waals surface area contributed by atoms with Gasteiger partial charge in [0.2, 0.25) is 11.8 Å². The average molecular weight is 299 g/mol. The summed E-state index contributed by atoms with van der Waals surface area (Å²) in [5.41, 5.74) is 0.918. The van der Waals surface area contributed by atoms with Crippen LogP contribution in [-0.4, -0.2) is 24.9 Å². The van der Waals surface area contributed by atoms with E-state index in [-0.39, 0.29) is 24.8 Å². The predicted octanol–water partition coefficient (Wildman–Crippen LogP) is 1.24. The lowest BCUT2D eigenvalue weighted by Crippen LogP contribution is -2.37. The fourth-order valence-electron chi connectivity index (χ4n) is 1.29. The Balaban J connectivity index is 2.34. The van der Waals surface area contributed by atoms with Gasteiger partial charge in [-0.3, -0.25) is 9.59 Å². The summed E-state index contributed by atoms with van der Waals surface area (Å²) in [6, 6.07) is 7.50.